The Morgan fingerprint density at radius 3 is 2.74 bits per heavy atom. The number of alkyl halides is 3. The fraction of sp³-hybridized carbons (Fsp3) is 0.286. The highest BCUT2D eigenvalue weighted by Crippen LogP contribution is 2.31. The van der Waals surface area contributed by atoms with Gasteiger partial charge in [0.25, 0.3) is 5.91 Å². The van der Waals surface area contributed by atoms with Gasteiger partial charge in [-0.15, -0.1) is 0 Å². The predicted octanol–water partition coefficient (Wildman–Crippen LogP) is 2.47. The third-order valence-corrected chi connectivity index (χ3v) is 3.04. The van der Waals surface area contributed by atoms with Crippen LogP contribution in [0.4, 0.5) is 18.9 Å². The summed E-state index contributed by atoms with van der Waals surface area (Å²) < 4.78 is 48.2. The number of anilines is 1. The highest BCUT2D eigenvalue weighted by Gasteiger charge is 2.28. The van der Waals surface area contributed by atoms with Crippen molar-refractivity contribution in [2.45, 2.75) is 12.7 Å². The highest BCUT2D eigenvalue weighted by molar-refractivity contribution is 6.04. The van der Waals surface area contributed by atoms with E-state index in [1.165, 1.54) is 6.07 Å². The van der Waals surface area contributed by atoms with E-state index in [9.17, 15) is 18.0 Å². The fourth-order valence-corrected chi connectivity index (χ4v) is 2.09. The Hall–Kier alpha value is -2.71. The molecule has 2 aromatic rings. The molecular formula is C14H12F3N3O3. The second kappa shape index (κ2) is 5.82. The van der Waals surface area contributed by atoms with Crippen molar-refractivity contribution >= 4 is 11.6 Å². The number of halogens is 3. The van der Waals surface area contributed by atoms with Gasteiger partial charge in [0.15, 0.2) is 11.5 Å². The molecule has 1 amide bonds. The Bertz CT molecular complexity index is 728. The summed E-state index contributed by atoms with van der Waals surface area (Å²) in [7, 11) is 0. The average Bonchev–Trinajstić information content (AvgIpc) is 2.91. The Balaban J connectivity index is 1.69. The topological polar surface area (TPSA) is 65.4 Å². The summed E-state index contributed by atoms with van der Waals surface area (Å²) in [5, 5.41) is 6.04. The fourth-order valence-electron chi connectivity index (χ4n) is 2.09. The smallest absolute Gasteiger partial charge is 0.408 e. The third-order valence-electron chi connectivity index (χ3n) is 3.04. The van der Waals surface area contributed by atoms with Gasteiger partial charge in [-0.2, -0.15) is 18.3 Å². The molecule has 0 saturated carbocycles. The Kier molecular flexibility index (Phi) is 3.85. The molecule has 0 saturated heterocycles. The normalized spacial score (nSPS) is 13.7. The van der Waals surface area contributed by atoms with Crippen LogP contribution in [0.5, 0.6) is 11.5 Å². The summed E-state index contributed by atoms with van der Waals surface area (Å²) in [6.07, 6.45) is -2.10. The first-order valence-corrected chi connectivity index (χ1v) is 6.71. The molecule has 0 fully saturated rings. The molecule has 1 aliphatic rings. The van der Waals surface area contributed by atoms with Gasteiger partial charge in [0.05, 0.1) is 11.9 Å². The summed E-state index contributed by atoms with van der Waals surface area (Å²) in [6.45, 7) is -0.383. The zero-order chi connectivity index (χ0) is 16.4. The maximum atomic E-state index is 12.3. The van der Waals surface area contributed by atoms with Crippen molar-refractivity contribution in [2.75, 3.05) is 18.5 Å². The molecule has 0 aliphatic carbocycles. The molecule has 1 aromatic heterocycles. The number of carbonyl (C=O) groups is 1. The number of hydrogen-bond donors (Lipinski definition) is 1. The standard InChI is InChI=1S/C14H12F3N3O3/c15-14(16,17)8-20-7-10(6-18-20)19-13(21)9-1-2-11-12(5-9)23-4-3-22-11/h1-2,5-7H,3-4,8H2,(H,19,21). The van der Waals surface area contributed by atoms with Gasteiger partial charge in [0.1, 0.15) is 19.8 Å². The molecule has 122 valence electrons. The van der Waals surface area contributed by atoms with Crippen molar-refractivity contribution in [2.24, 2.45) is 0 Å². The molecular weight excluding hydrogens is 315 g/mol. The largest absolute Gasteiger partial charge is 0.486 e. The molecule has 1 aliphatic heterocycles. The lowest BCUT2D eigenvalue weighted by Gasteiger charge is -2.18. The number of amides is 1. The summed E-state index contributed by atoms with van der Waals surface area (Å²) in [5.41, 5.74) is 0.479. The average molecular weight is 327 g/mol. The van der Waals surface area contributed by atoms with Crippen molar-refractivity contribution < 1.29 is 27.4 Å². The first-order chi connectivity index (χ1) is 10.9. The lowest BCUT2D eigenvalue weighted by atomic mass is 10.2. The van der Waals surface area contributed by atoms with Crippen LogP contribution in [0.2, 0.25) is 0 Å². The zero-order valence-electron chi connectivity index (χ0n) is 11.8. The molecule has 1 aromatic carbocycles. The van der Waals surface area contributed by atoms with Crippen LogP contribution in [0.15, 0.2) is 30.6 Å². The van der Waals surface area contributed by atoms with Gasteiger partial charge < -0.3 is 14.8 Å². The second-order valence-corrected chi connectivity index (χ2v) is 4.85. The zero-order valence-corrected chi connectivity index (χ0v) is 11.8. The summed E-state index contributed by atoms with van der Waals surface area (Å²) >= 11 is 0. The monoisotopic (exact) mass is 327 g/mol. The maximum absolute atomic E-state index is 12.3. The van der Waals surface area contributed by atoms with Gasteiger partial charge in [0.2, 0.25) is 0 Å². The molecule has 0 unspecified atom stereocenters. The molecule has 0 spiro atoms. The van der Waals surface area contributed by atoms with E-state index in [0.29, 0.717) is 35.0 Å². The first-order valence-electron chi connectivity index (χ1n) is 6.71. The minimum atomic E-state index is -4.37. The third kappa shape index (κ3) is 3.74. The summed E-state index contributed by atoms with van der Waals surface area (Å²) in [5.74, 6) is 0.524. The quantitative estimate of drug-likeness (QED) is 0.940. The molecule has 1 N–H and O–H groups in total. The predicted molar refractivity (Wildman–Crippen MR) is 73.7 cm³/mol. The number of hydrogen-bond acceptors (Lipinski definition) is 4. The number of carbonyl (C=O) groups excluding carboxylic acids is 1. The van der Waals surface area contributed by atoms with Gasteiger partial charge >= 0.3 is 6.18 Å². The van der Waals surface area contributed by atoms with E-state index in [0.717, 1.165) is 12.4 Å². The first kappa shape index (κ1) is 15.2. The summed E-state index contributed by atoms with van der Waals surface area (Å²) in [6, 6.07) is 4.67. The van der Waals surface area contributed by atoms with Crippen LogP contribution in [0, 0.1) is 0 Å². The Morgan fingerprint density at radius 1 is 1.26 bits per heavy atom. The van der Waals surface area contributed by atoms with Crippen LogP contribution < -0.4 is 14.8 Å². The van der Waals surface area contributed by atoms with Gasteiger partial charge in [-0.1, -0.05) is 0 Å². The van der Waals surface area contributed by atoms with Gasteiger partial charge in [-0.25, -0.2) is 0 Å². The lowest BCUT2D eigenvalue weighted by Crippen LogP contribution is -2.18. The number of rotatable bonds is 3. The van der Waals surface area contributed by atoms with Crippen LogP contribution in [-0.4, -0.2) is 35.1 Å². The van der Waals surface area contributed by atoms with Gasteiger partial charge in [-0.05, 0) is 18.2 Å². The molecule has 0 radical (unpaired) electrons. The minimum Gasteiger partial charge on any atom is -0.486 e. The lowest BCUT2D eigenvalue weighted by molar-refractivity contribution is -0.142. The van der Waals surface area contributed by atoms with Crippen molar-refractivity contribution in [3.63, 3.8) is 0 Å². The highest BCUT2D eigenvalue weighted by atomic mass is 19.4. The van der Waals surface area contributed by atoms with Gasteiger partial charge in [-0.3, -0.25) is 9.48 Å². The van der Waals surface area contributed by atoms with Crippen molar-refractivity contribution in [1.29, 1.82) is 0 Å². The minimum absolute atomic E-state index is 0.175. The number of aromatic nitrogens is 2. The van der Waals surface area contributed by atoms with Crippen molar-refractivity contribution in [3.8, 4) is 11.5 Å². The van der Waals surface area contributed by atoms with E-state index in [4.69, 9.17) is 9.47 Å². The van der Waals surface area contributed by atoms with Crippen LogP contribution in [0.25, 0.3) is 0 Å². The number of nitrogens with zero attached hydrogens (tertiary/aromatic N) is 2. The summed E-state index contributed by atoms with van der Waals surface area (Å²) in [4.78, 5) is 12.1. The van der Waals surface area contributed by atoms with Gasteiger partial charge in [0, 0.05) is 11.8 Å². The molecule has 3 rings (SSSR count). The molecule has 0 atom stereocenters. The second-order valence-electron chi connectivity index (χ2n) is 4.85. The van der Waals surface area contributed by atoms with Crippen LogP contribution in [0.3, 0.4) is 0 Å². The molecule has 9 heteroatoms. The van der Waals surface area contributed by atoms with E-state index >= 15 is 0 Å². The van der Waals surface area contributed by atoms with E-state index in [1.807, 2.05) is 0 Å². The molecule has 0 bridgehead atoms. The van der Waals surface area contributed by atoms with E-state index in [1.54, 1.807) is 12.1 Å². The maximum Gasteiger partial charge on any atom is 0.408 e. The molecule has 6 nitrogen and oxygen atoms in total. The Morgan fingerprint density at radius 2 is 2.00 bits per heavy atom. The van der Waals surface area contributed by atoms with Crippen molar-refractivity contribution in [3.05, 3.63) is 36.2 Å². The van der Waals surface area contributed by atoms with Crippen LogP contribution in [-0.2, 0) is 6.54 Å². The van der Waals surface area contributed by atoms with E-state index in [2.05, 4.69) is 10.4 Å². The van der Waals surface area contributed by atoms with Crippen molar-refractivity contribution in [1.82, 2.24) is 9.78 Å². The number of nitrogens with one attached hydrogen (secondary N) is 1. The van der Waals surface area contributed by atoms with Crippen LogP contribution >= 0.6 is 0 Å². The molecule has 2 heterocycles. The molecule has 23 heavy (non-hydrogen) atoms. The number of fused-ring (bicyclic) bond motifs is 1. The van der Waals surface area contributed by atoms with E-state index < -0.39 is 18.6 Å². The SMILES string of the molecule is O=C(Nc1cnn(CC(F)(F)F)c1)c1ccc2c(c1)OCCO2. The number of benzene rings is 1. The van der Waals surface area contributed by atoms with E-state index in [-0.39, 0.29) is 5.69 Å². The van der Waals surface area contributed by atoms with Crippen LogP contribution in [0.1, 0.15) is 10.4 Å². The Labute approximate surface area is 128 Å². The number of ether oxygens (including phenoxy) is 2.